The summed E-state index contributed by atoms with van der Waals surface area (Å²) < 4.78 is 17.9. The zero-order valence-corrected chi connectivity index (χ0v) is 17.6. The van der Waals surface area contributed by atoms with Crippen LogP contribution < -0.4 is 5.32 Å². The highest BCUT2D eigenvalue weighted by molar-refractivity contribution is 7.84. The number of hydrogen-bond acceptors (Lipinski definition) is 6. The van der Waals surface area contributed by atoms with E-state index in [1.54, 1.807) is 16.7 Å². The maximum Gasteiger partial charge on any atom is 0.275 e. The molecule has 28 heavy (non-hydrogen) atoms. The van der Waals surface area contributed by atoms with Crippen LogP contribution in [0.2, 0.25) is 0 Å². The van der Waals surface area contributed by atoms with Crippen LogP contribution in [0, 0.1) is 0 Å². The number of carbonyl (C=O) groups excluding carboxylic acids is 1. The second kappa shape index (κ2) is 9.09. The number of thiazole rings is 1. The summed E-state index contributed by atoms with van der Waals surface area (Å²) in [5, 5.41) is 9.71. The summed E-state index contributed by atoms with van der Waals surface area (Å²) in [5.41, 5.74) is 3.09. The highest BCUT2D eigenvalue weighted by Crippen LogP contribution is 2.26. The van der Waals surface area contributed by atoms with Crippen LogP contribution in [0.15, 0.2) is 46.5 Å². The topological polar surface area (TPSA) is 68.3 Å². The summed E-state index contributed by atoms with van der Waals surface area (Å²) in [6.07, 6.45) is 1.69. The molecule has 1 aliphatic heterocycles. The molecule has 1 atom stereocenters. The minimum atomic E-state index is -0.931. The number of thiophene rings is 1. The van der Waals surface area contributed by atoms with Crippen LogP contribution in [0.25, 0.3) is 10.6 Å². The standard InChI is InChI=1S/C20H20N2O3S3/c23-19(18-12-27-20(22-18)15-6-9-26-11-15)21-16-3-1-2-14(10-16)13-28(24)17-4-7-25-8-5-17/h1-3,6,9-12,17H,4-5,7-8,13H2,(H,21,23). The zero-order chi connectivity index (χ0) is 19.3. The van der Waals surface area contributed by atoms with Gasteiger partial charge in [-0.05, 0) is 42.0 Å². The largest absolute Gasteiger partial charge is 0.381 e. The van der Waals surface area contributed by atoms with E-state index in [9.17, 15) is 9.00 Å². The molecule has 3 heterocycles. The fraction of sp³-hybridized carbons (Fsp3) is 0.300. The van der Waals surface area contributed by atoms with Gasteiger partial charge in [-0.2, -0.15) is 11.3 Å². The minimum absolute atomic E-state index is 0.192. The SMILES string of the molecule is O=C(Nc1cccc(CS(=O)C2CCOCC2)c1)c1csc(-c2ccsc2)n1. The third-order valence-corrected chi connectivity index (χ3v) is 7.95. The average molecular weight is 433 g/mol. The number of ether oxygens (including phenoxy) is 1. The van der Waals surface area contributed by atoms with Crippen molar-refractivity contribution in [1.29, 1.82) is 0 Å². The molecule has 0 aliphatic carbocycles. The van der Waals surface area contributed by atoms with Crippen molar-refractivity contribution in [2.24, 2.45) is 0 Å². The fourth-order valence-electron chi connectivity index (χ4n) is 3.05. The van der Waals surface area contributed by atoms with Crippen molar-refractivity contribution in [2.45, 2.75) is 23.8 Å². The molecule has 0 spiro atoms. The molecule has 1 fully saturated rings. The van der Waals surface area contributed by atoms with E-state index in [1.165, 1.54) is 11.3 Å². The fourth-order valence-corrected chi connectivity index (χ4v) is 6.03. The Morgan fingerprint density at radius 3 is 2.89 bits per heavy atom. The lowest BCUT2D eigenvalue weighted by atomic mass is 10.2. The minimum Gasteiger partial charge on any atom is -0.381 e. The van der Waals surface area contributed by atoms with Gasteiger partial charge in [0.05, 0.1) is 0 Å². The summed E-state index contributed by atoms with van der Waals surface area (Å²) in [4.78, 5) is 17.0. The van der Waals surface area contributed by atoms with Gasteiger partial charge in [-0.3, -0.25) is 9.00 Å². The van der Waals surface area contributed by atoms with Crippen molar-refractivity contribution < 1.29 is 13.7 Å². The number of benzene rings is 1. The van der Waals surface area contributed by atoms with E-state index >= 15 is 0 Å². The van der Waals surface area contributed by atoms with Gasteiger partial charge in [0.25, 0.3) is 5.91 Å². The summed E-state index contributed by atoms with van der Waals surface area (Å²) in [5.74, 6) is 0.258. The van der Waals surface area contributed by atoms with Crippen molar-refractivity contribution in [2.75, 3.05) is 18.5 Å². The van der Waals surface area contributed by atoms with Crippen molar-refractivity contribution in [3.63, 3.8) is 0 Å². The number of nitrogens with one attached hydrogen (secondary N) is 1. The highest BCUT2D eigenvalue weighted by Gasteiger charge is 2.20. The molecule has 1 aliphatic rings. The van der Waals surface area contributed by atoms with Gasteiger partial charge in [0, 0.05) is 57.0 Å². The molecule has 8 heteroatoms. The van der Waals surface area contributed by atoms with Crippen LogP contribution in [0.1, 0.15) is 28.9 Å². The number of amides is 1. The lowest BCUT2D eigenvalue weighted by Crippen LogP contribution is -2.25. The normalized spacial score (nSPS) is 16.0. The molecule has 1 aromatic carbocycles. The van der Waals surface area contributed by atoms with Gasteiger partial charge in [-0.1, -0.05) is 12.1 Å². The van der Waals surface area contributed by atoms with Gasteiger partial charge in [0.15, 0.2) is 0 Å². The number of aromatic nitrogens is 1. The Hall–Kier alpha value is -1.87. The third kappa shape index (κ3) is 4.75. The van der Waals surface area contributed by atoms with Crippen LogP contribution >= 0.6 is 22.7 Å². The molecule has 5 nitrogen and oxygen atoms in total. The van der Waals surface area contributed by atoms with E-state index in [1.807, 2.05) is 41.1 Å². The molecule has 3 aromatic rings. The molecular formula is C20H20N2O3S3. The van der Waals surface area contributed by atoms with Crippen molar-refractivity contribution in [3.8, 4) is 10.6 Å². The van der Waals surface area contributed by atoms with E-state index in [0.29, 0.717) is 30.3 Å². The maximum absolute atomic E-state index is 12.6. The van der Waals surface area contributed by atoms with Crippen LogP contribution in [0.4, 0.5) is 5.69 Å². The number of hydrogen-bond donors (Lipinski definition) is 1. The predicted octanol–water partition coefficient (Wildman–Crippen LogP) is 4.55. The Morgan fingerprint density at radius 1 is 1.25 bits per heavy atom. The molecule has 1 saturated heterocycles. The molecule has 4 rings (SSSR count). The first-order chi connectivity index (χ1) is 13.7. The summed E-state index contributed by atoms with van der Waals surface area (Å²) in [6.45, 7) is 1.38. The Balaban J connectivity index is 1.40. The van der Waals surface area contributed by atoms with Crippen LogP contribution in [-0.2, 0) is 21.3 Å². The highest BCUT2D eigenvalue weighted by atomic mass is 32.2. The molecule has 146 valence electrons. The van der Waals surface area contributed by atoms with Crippen LogP contribution in [0.5, 0.6) is 0 Å². The van der Waals surface area contributed by atoms with E-state index in [0.717, 1.165) is 29.0 Å². The summed E-state index contributed by atoms with van der Waals surface area (Å²) in [7, 11) is -0.931. The molecule has 0 saturated carbocycles. The van der Waals surface area contributed by atoms with Gasteiger partial charge >= 0.3 is 0 Å². The van der Waals surface area contributed by atoms with E-state index in [4.69, 9.17) is 4.74 Å². The quantitative estimate of drug-likeness (QED) is 0.620. The smallest absolute Gasteiger partial charge is 0.275 e. The lowest BCUT2D eigenvalue weighted by Gasteiger charge is -2.21. The van der Waals surface area contributed by atoms with E-state index in [2.05, 4.69) is 10.3 Å². The second-order valence-electron chi connectivity index (χ2n) is 6.54. The second-order valence-corrected chi connectivity index (χ2v) is 9.90. The number of rotatable bonds is 6. The molecule has 1 N–H and O–H groups in total. The molecular weight excluding hydrogens is 412 g/mol. The Bertz CT molecular complexity index is 963. The summed E-state index contributed by atoms with van der Waals surface area (Å²) in [6, 6.07) is 9.55. The lowest BCUT2D eigenvalue weighted by molar-refractivity contribution is 0.0991. The van der Waals surface area contributed by atoms with Crippen LogP contribution in [-0.4, -0.2) is 33.6 Å². The molecule has 2 aromatic heterocycles. The number of anilines is 1. The first-order valence-corrected chi connectivity index (χ1v) is 12.2. The molecule has 0 radical (unpaired) electrons. The molecule has 0 bridgehead atoms. The molecule has 1 amide bonds. The first kappa shape index (κ1) is 19.4. The van der Waals surface area contributed by atoms with Crippen molar-refractivity contribution in [3.05, 3.63) is 57.7 Å². The van der Waals surface area contributed by atoms with Gasteiger partial charge in [-0.15, -0.1) is 11.3 Å². The number of carbonyl (C=O) groups is 1. The van der Waals surface area contributed by atoms with Crippen LogP contribution in [0.3, 0.4) is 0 Å². The first-order valence-electron chi connectivity index (χ1n) is 9.02. The summed E-state index contributed by atoms with van der Waals surface area (Å²) >= 11 is 3.06. The van der Waals surface area contributed by atoms with Gasteiger partial charge in [0.2, 0.25) is 0 Å². The third-order valence-electron chi connectivity index (χ3n) is 4.54. The monoisotopic (exact) mass is 432 g/mol. The Labute approximate surface area is 174 Å². The Morgan fingerprint density at radius 2 is 2.11 bits per heavy atom. The predicted molar refractivity (Wildman–Crippen MR) is 116 cm³/mol. The zero-order valence-electron chi connectivity index (χ0n) is 15.1. The van der Waals surface area contributed by atoms with Gasteiger partial charge in [0.1, 0.15) is 10.7 Å². The Kier molecular flexibility index (Phi) is 6.31. The van der Waals surface area contributed by atoms with E-state index < -0.39 is 10.8 Å². The van der Waals surface area contributed by atoms with Crippen molar-refractivity contribution >= 4 is 45.1 Å². The van der Waals surface area contributed by atoms with E-state index in [-0.39, 0.29) is 11.2 Å². The molecule has 1 unspecified atom stereocenters. The van der Waals surface area contributed by atoms with Gasteiger partial charge in [-0.25, -0.2) is 4.98 Å². The maximum atomic E-state index is 12.6. The number of nitrogens with zero attached hydrogens (tertiary/aromatic N) is 1. The van der Waals surface area contributed by atoms with Gasteiger partial charge < -0.3 is 10.1 Å². The van der Waals surface area contributed by atoms with Crippen molar-refractivity contribution in [1.82, 2.24) is 4.98 Å². The average Bonchev–Trinajstić information content (AvgIpc) is 3.41.